The van der Waals surface area contributed by atoms with E-state index in [9.17, 15) is 14.3 Å². The Bertz CT molecular complexity index is 1660. The van der Waals surface area contributed by atoms with E-state index in [1.165, 1.54) is 31.8 Å². The Morgan fingerprint density at radius 1 is 1.13 bits per heavy atom. The van der Waals surface area contributed by atoms with E-state index in [1.807, 2.05) is 13.8 Å². The first-order valence-corrected chi connectivity index (χ1v) is 19.5. The summed E-state index contributed by atoms with van der Waals surface area (Å²) in [7, 11) is -2.22. The molecule has 1 N–H and O–H groups in total. The van der Waals surface area contributed by atoms with Gasteiger partial charge in [0.2, 0.25) is 0 Å². The smallest absolute Gasteiger partial charge is 0.295 e. The number of methoxy groups -OCH3 is 1. The second-order valence-corrected chi connectivity index (χ2v) is 21.3. The van der Waals surface area contributed by atoms with Gasteiger partial charge in [-0.3, -0.25) is 10.1 Å². The Hall–Kier alpha value is -3.26. The van der Waals surface area contributed by atoms with Gasteiger partial charge >= 0.3 is 0 Å². The molecule has 0 aliphatic heterocycles. The molecule has 3 rings (SSSR count). The third-order valence-electron chi connectivity index (χ3n) is 8.05. The lowest BCUT2D eigenvalue weighted by Crippen LogP contribution is -2.46. The monoisotopic (exact) mass is 705 g/mol. The van der Waals surface area contributed by atoms with Crippen molar-refractivity contribution in [2.75, 3.05) is 12.4 Å². The molecule has 10 nitrogen and oxygen atoms in total. The molecule has 0 aliphatic carbocycles. The molecule has 0 amide bonds. The fourth-order valence-corrected chi connectivity index (χ4v) is 7.02. The van der Waals surface area contributed by atoms with Crippen molar-refractivity contribution in [2.45, 2.75) is 96.3 Å². The molecule has 0 fully saturated rings. The number of hydrogen-bond donors (Lipinski definition) is 1. The molecule has 0 bridgehead atoms. The summed E-state index contributed by atoms with van der Waals surface area (Å²) in [5.41, 5.74) is -0.391. The molecule has 0 spiro atoms. The summed E-state index contributed by atoms with van der Waals surface area (Å²) in [4.78, 5) is 20.5. The van der Waals surface area contributed by atoms with Gasteiger partial charge in [-0.25, -0.2) is 18.6 Å². The van der Waals surface area contributed by atoms with Crippen LogP contribution in [0.25, 0.3) is 11.1 Å². The summed E-state index contributed by atoms with van der Waals surface area (Å²) in [6.07, 6.45) is 4.58. The van der Waals surface area contributed by atoms with Gasteiger partial charge in [-0.05, 0) is 71.0 Å². The van der Waals surface area contributed by atoms with Crippen LogP contribution in [0, 0.1) is 15.9 Å². The minimum Gasteiger partial charge on any atom is -0.496 e. The van der Waals surface area contributed by atoms with E-state index in [1.54, 1.807) is 39.0 Å². The van der Waals surface area contributed by atoms with Crippen LogP contribution in [0.4, 0.5) is 15.8 Å². The predicted molar refractivity (Wildman–Crippen MR) is 191 cm³/mol. The number of hydrogen-bond acceptors (Lipinski definition) is 8. The number of nitrogens with one attached hydrogen (secondary N) is 1. The number of nitro benzene ring substituents is 1. The summed E-state index contributed by atoms with van der Waals surface area (Å²) >= 11 is 6.61. The topological polar surface area (TPSA) is 129 Å². The highest BCUT2D eigenvalue weighted by Gasteiger charge is 2.43. The molecule has 2 aromatic carbocycles. The molecule has 0 saturated carbocycles. The molecule has 3 aromatic rings. The van der Waals surface area contributed by atoms with Gasteiger partial charge < -0.3 is 14.5 Å². The van der Waals surface area contributed by atoms with E-state index in [0.29, 0.717) is 27.7 Å². The third-order valence-corrected chi connectivity index (χ3v) is 14.4. The Labute approximate surface area is 285 Å². The van der Waals surface area contributed by atoms with Gasteiger partial charge in [0.05, 0.1) is 28.9 Å². The van der Waals surface area contributed by atoms with Crippen LogP contribution >= 0.6 is 11.6 Å². The van der Waals surface area contributed by atoms with E-state index in [4.69, 9.17) is 20.8 Å². The van der Waals surface area contributed by atoms with Crippen LogP contribution in [-0.4, -0.2) is 45.5 Å². The summed E-state index contributed by atoms with van der Waals surface area (Å²) in [5.74, 6) is 0.0470. The zero-order valence-electron chi connectivity index (χ0n) is 28.9. The van der Waals surface area contributed by atoms with Gasteiger partial charge in [0.15, 0.2) is 14.1 Å². The van der Waals surface area contributed by atoms with E-state index in [2.05, 4.69) is 53.5 Å². The Morgan fingerprint density at radius 2 is 1.74 bits per heavy atom. The molecule has 2 atom stereocenters. The van der Waals surface area contributed by atoms with Crippen LogP contribution in [0.2, 0.25) is 23.2 Å². The molecular weight excluding hydrogens is 661 g/mol. The van der Waals surface area contributed by atoms with Gasteiger partial charge in [0, 0.05) is 46.7 Å². The number of nitrogens with zero attached hydrogens (tertiary/aromatic N) is 4. The van der Waals surface area contributed by atoms with E-state index >= 15 is 4.39 Å². The average Bonchev–Trinajstić information content (AvgIpc) is 2.95. The second kappa shape index (κ2) is 14.5. The maximum absolute atomic E-state index is 15.5. The van der Waals surface area contributed by atoms with Crippen molar-refractivity contribution in [1.82, 2.24) is 9.97 Å². The molecule has 14 heteroatoms. The number of halogens is 2. The highest BCUT2D eigenvalue weighted by Crippen LogP contribution is 2.42. The normalized spacial score (nSPS) is 14.2. The Kier molecular flexibility index (Phi) is 11.8. The molecule has 1 heterocycles. The number of nitro groups is 1. The second-order valence-electron chi connectivity index (χ2n) is 14.2. The van der Waals surface area contributed by atoms with E-state index in [0.717, 1.165) is 6.07 Å². The zero-order chi connectivity index (χ0) is 35.5. The lowest BCUT2D eigenvalue weighted by atomic mass is 10.0. The number of aromatic nitrogens is 2. The Balaban J connectivity index is 2.08. The summed E-state index contributed by atoms with van der Waals surface area (Å²) in [6, 6.07) is 6.57. The van der Waals surface area contributed by atoms with Gasteiger partial charge in [-0.2, -0.15) is 4.40 Å². The molecule has 1 aromatic heterocycles. The van der Waals surface area contributed by atoms with Gasteiger partial charge in [0.25, 0.3) is 5.69 Å². The van der Waals surface area contributed by atoms with Crippen LogP contribution in [0.5, 0.6) is 5.75 Å². The SMILES string of the molecule is COc1cccc(Cl)c1[C@@H](C/C=N\[S@](=O)C(C)(C)C)Nc1cc(-c2cnc(C(C)(C)O[Si](C)(C)C(C)(C)C)nc2)c(F)cc1[N+](=O)[O-]. The molecule has 0 aliphatic rings. The zero-order valence-corrected chi connectivity index (χ0v) is 31.5. The van der Waals surface area contributed by atoms with Crippen molar-refractivity contribution in [1.29, 1.82) is 0 Å². The lowest BCUT2D eigenvalue weighted by molar-refractivity contribution is -0.384. The van der Waals surface area contributed by atoms with Crippen LogP contribution in [-0.2, 0) is 21.0 Å². The largest absolute Gasteiger partial charge is 0.496 e. The van der Waals surface area contributed by atoms with Crippen molar-refractivity contribution < 1.29 is 22.7 Å². The Morgan fingerprint density at radius 3 is 2.28 bits per heavy atom. The fraction of sp³-hybridized carbons (Fsp3) is 0.485. The first-order valence-electron chi connectivity index (χ1n) is 15.1. The number of benzene rings is 2. The van der Waals surface area contributed by atoms with Gasteiger partial charge in [-0.15, -0.1) is 0 Å². The van der Waals surface area contributed by atoms with Crippen LogP contribution in [0.1, 0.15) is 79.2 Å². The minimum atomic E-state index is -2.17. The quantitative estimate of drug-likeness (QED) is 0.0855. The number of rotatable bonds is 12. The van der Waals surface area contributed by atoms with Crippen LogP contribution < -0.4 is 10.1 Å². The standard InChI is InChI=1S/C33H45ClFN5O5SSi/c1-31(2,3)46(43)38-16-15-25(29-23(34)13-12-14-28(29)44-9)39-26-17-22(24(35)18-27(26)40(41)42)21-19-36-30(37-20-21)33(7,8)45-47(10,11)32(4,5)6/h12-14,16-20,25,39H,15H2,1-11H3/b38-16-/t25-,46-/m1/s1. The molecule has 47 heavy (non-hydrogen) atoms. The summed E-state index contributed by atoms with van der Waals surface area (Å²) in [6.45, 7) is 19.9. The van der Waals surface area contributed by atoms with Crippen molar-refractivity contribution >= 4 is 48.5 Å². The summed E-state index contributed by atoms with van der Waals surface area (Å²) in [5, 5.41) is 15.6. The first-order chi connectivity index (χ1) is 21.6. The summed E-state index contributed by atoms with van der Waals surface area (Å²) < 4.78 is 43.9. The van der Waals surface area contributed by atoms with Crippen LogP contribution in [0.3, 0.4) is 0 Å². The number of anilines is 1. The van der Waals surface area contributed by atoms with Crippen molar-refractivity contribution in [2.24, 2.45) is 4.40 Å². The molecule has 0 radical (unpaired) electrons. The van der Waals surface area contributed by atoms with Crippen LogP contribution in [0.15, 0.2) is 47.1 Å². The highest BCUT2D eigenvalue weighted by atomic mass is 35.5. The predicted octanol–water partition coefficient (Wildman–Crippen LogP) is 9.19. The fourth-order valence-electron chi connectivity index (χ4n) is 4.51. The van der Waals surface area contributed by atoms with Crippen molar-refractivity contribution in [3.8, 4) is 16.9 Å². The van der Waals surface area contributed by atoms with E-state index < -0.39 is 52.1 Å². The van der Waals surface area contributed by atoms with Gasteiger partial charge in [-0.1, -0.05) is 38.4 Å². The van der Waals surface area contributed by atoms with Crippen molar-refractivity contribution in [3.63, 3.8) is 0 Å². The maximum atomic E-state index is 15.5. The van der Waals surface area contributed by atoms with Crippen molar-refractivity contribution in [3.05, 3.63) is 75.1 Å². The molecular formula is C33H45ClFN5O5SSi. The first kappa shape index (κ1) is 38.2. The average molecular weight is 706 g/mol. The lowest BCUT2D eigenvalue weighted by Gasteiger charge is -2.42. The molecule has 0 saturated heterocycles. The maximum Gasteiger partial charge on any atom is 0.295 e. The minimum absolute atomic E-state index is 0.0226. The third kappa shape index (κ3) is 9.21. The molecule has 256 valence electrons. The molecule has 0 unspecified atom stereocenters. The highest BCUT2D eigenvalue weighted by molar-refractivity contribution is 7.85. The van der Waals surface area contributed by atoms with E-state index in [-0.39, 0.29) is 22.7 Å². The van der Waals surface area contributed by atoms with Gasteiger partial charge in [0.1, 0.15) is 33.8 Å². The number of ether oxygens (including phenoxy) is 1.